The van der Waals surface area contributed by atoms with E-state index in [1.54, 1.807) is 38.6 Å². The summed E-state index contributed by atoms with van der Waals surface area (Å²) in [6, 6.07) is 27.8. The Kier molecular flexibility index (Phi) is 9.38. The van der Waals surface area contributed by atoms with Crippen molar-refractivity contribution >= 4 is 48.8 Å². The van der Waals surface area contributed by atoms with Crippen molar-refractivity contribution in [2.24, 2.45) is 5.10 Å². The van der Waals surface area contributed by atoms with Crippen molar-refractivity contribution in [3.63, 3.8) is 0 Å². The molecule has 226 valence electrons. The molecule has 0 aliphatic carbocycles. The number of ether oxygens (including phenoxy) is 2. The summed E-state index contributed by atoms with van der Waals surface area (Å²) < 4.78 is 40.1. The van der Waals surface area contributed by atoms with E-state index in [4.69, 9.17) is 9.47 Å². The van der Waals surface area contributed by atoms with Gasteiger partial charge in [0.1, 0.15) is 11.5 Å². The summed E-state index contributed by atoms with van der Waals surface area (Å²) in [7, 11) is -0.667. The van der Waals surface area contributed by atoms with Crippen LogP contribution >= 0.6 is 11.3 Å². The molecule has 5 rings (SSSR count). The first-order valence-corrected chi connectivity index (χ1v) is 16.1. The lowest BCUT2D eigenvalue weighted by atomic mass is 10.2. The molecular formula is C33H32N4O5S2. The van der Waals surface area contributed by atoms with Gasteiger partial charge >= 0.3 is 0 Å². The molecule has 0 bridgehead atoms. The van der Waals surface area contributed by atoms with Gasteiger partial charge < -0.3 is 9.47 Å². The molecule has 0 aliphatic rings. The van der Waals surface area contributed by atoms with E-state index in [9.17, 15) is 13.2 Å². The van der Waals surface area contributed by atoms with E-state index in [2.05, 4.69) is 10.1 Å². The van der Waals surface area contributed by atoms with Gasteiger partial charge in [-0.2, -0.15) is 14.4 Å². The fourth-order valence-electron chi connectivity index (χ4n) is 4.45. The van der Waals surface area contributed by atoms with Crippen LogP contribution in [-0.2, 0) is 16.6 Å². The van der Waals surface area contributed by atoms with Crippen molar-refractivity contribution in [1.29, 1.82) is 0 Å². The van der Waals surface area contributed by atoms with E-state index in [-0.39, 0.29) is 23.0 Å². The number of fused-ring (bicyclic) bond motifs is 1. The molecule has 0 spiro atoms. The van der Waals surface area contributed by atoms with Gasteiger partial charge in [-0.3, -0.25) is 4.79 Å². The molecule has 0 N–H and O–H groups in total. The Balaban J connectivity index is 1.47. The summed E-state index contributed by atoms with van der Waals surface area (Å²) in [5.74, 6) is 0.909. The quantitative estimate of drug-likeness (QED) is 0.121. The van der Waals surface area contributed by atoms with Crippen LogP contribution in [-0.4, -0.2) is 50.1 Å². The normalized spacial score (nSPS) is 11.9. The number of methoxy groups -OCH3 is 2. The lowest BCUT2D eigenvalue weighted by Gasteiger charge is -2.26. The van der Waals surface area contributed by atoms with Crippen LogP contribution in [0, 0.1) is 0 Å². The van der Waals surface area contributed by atoms with Crippen LogP contribution in [0.25, 0.3) is 10.2 Å². The first-order valence-electron chi connectivity index (χ1n) is 13.8. The van der Waals surface area contributed by atoms with Crippen LogP contribution in [0.5, 0.6) is 11.5 Å². The van der Waals surface area contributed by atoms with Gasteiger partial charge in [-0.1, -0.05) is 41.7 Å². The Morgan fingerprint density at radius 2 is 1.57 bits per heavy atom. The predicted molar refractivity (Wildman–Crippen MR) is 174 cm³/mol. The zero-order valence-electron chi connectivity index (χ0n) is 24.7. The number of aromatic nitrogens is 1. The molecule has 0 fully saturated rings. The number of rotatable bonds is 11. The number of sulfonamides is 1. The van der Waals surface area contributed by atoms with Gasteiger partial charge in [0.2, 0.25) is 15.2 Å². The zero-order chi connectivity index (χ0) is 31.3. The van der Waals surface area contributed by atoms with Crippen molar-refractivity contribution in [3.8, 4) is 11.5 Å². The molecule has 9 nitrogen and oxygen atoms in total. The minimum absolute atomic E-state index is 0.0963. The highest BCUT2D eigenvalue weighted by Crippen LogP contribution is 2.33. The molecule has 0 unspecified atom stereocenters. The molecule has 1 heterocycles. The first kappa shape index (κ1) is 30.9. The molecule has 0 atom stereocenters. The number of nitrogens with zero attached hydrogens (tertiary/aromatic N) is 4. The highest BCUT2D eigenvalue weighted by Gasteiger charge is 2.28. The van der Waals surface area contributed by atoms with Gasteiger partial charge in [0, 0.05) is 18.2 Å². The second-order valence-corrected chi connectivity index (χ2v) is 13.0. The van der Waals surface area contributed by atoms with E-state index in [1.165, 1.54) is 44.9 Å². The van der Waals surface area contributed by atoms with Crippen LogP contribution in [0.1, 0.15) is 35.3 Å². The van der Waals surface area contributed by atoms with Crippen molar-refractivity contribution < 1.29 is 22.7 Å². The van der Waals surface area contributed by atoms with Gasteiger partial charge in [-0.05, 0) is 91.7 Å². The zero-order valence-corrected chi connectivity index (χ0v) is 26.4. The highest BCUT2D eigenvalue weighted by atomic mass is 32.2. The number of hydrogen-bond acceptors (Lipinski definition) is 8. The maximum absolute atomic E-state index is 13.9. The average Bonchev–Trinajstić information content (AvgIpc) is 3.47. The topological polar surface area (TPSA) is 101 Å². The van der Waals surface area contributed by atoms with E-state index >= 15 is 0 Å². The standard InChI is InChI=1S/C33H32N4O5S2/c1-23(2)36(22-25-8-6-5-7-9-25)44(39,40)29-17-12-26(13-18-29)32(38)37(34-21-24-10-14-27(41-3)15-11-24)33-35-30-19-16-28(42-4)20-31(30)43-33/h5-21,23H,22H2,1-4H3/b34-21+. The fraction of sp³-hybridized carbons (Fsp3) is 0.182. The molecule has 1 aromatic heterocycles. The molecule has 4 aromatic carbocycles. The van der Waals surface area contributed by atoms with Gasteiger partial charge in [-0.25, -0.2) is 13.4 Å². The SMILES string of the molecule is COc1ccc(/C=N/N(C(=O)c2ccc(S(=O)(=O)N(Cc3ccccc3)C(C)C)cc2)c2nc3ccc(OC)cc3s2)cc1. The minimum atomic E-state index is -3.84. The van der Waals surface area contributed by atoms with Crippen molar-refractivity contribution in [1.82, 2.24) is 9.29 Å². The Morgan fingerprint density at radius 1 is 0.909 bits per heavy atom. The Hall–Kier alpha value is -4.58. The van der Waals surface area contributed by atoms with Gasteiger partial charge in [0.25, 0.3) is 5.91 Å². The Morgan fingerprint density at radius 3 is 2.20 bits per heavy atom. The highest BCUT2D eigenvalue weighted by molar-refractivity contribution is 7.89. The monoisotopic (exact) mass is 628 g/mol. The largest absolute Gasteiger partial charge is 0.497 e. The number of carbonyl (C=O) groups excluding carboxylic acids is 1. The number of hydrazone groups is 1. The number of hydrogen-bond donors (Lipinski definition) is 0. The lowest BCUT2D eigenvalue weighted by Crippen LogP contribution is -2.36. The van der Waals surface area contributed by atoms with Gasteiger partial charge in [0.05, 0.1) is 35.5 Å². The van der Waals surface area contributed by atoms with Crippen molar-refractivity contribution in [2.75, 3.05) is 19.2 Å². The second kappa shape index (κ2) is 13.4. The fourth-order valence-corrected chi connectivity index (χ4v) is 7.02. The second-order valence-electron chi connectivity index (χ2n) is 10.1. The third kappa shape index (κ3) is 6.80. The molecule has 44 heavy (non-hydrogen) atoms. The molecule has 1 amide bonds. The van der Waals surface area contributed by atoms with E-state index in [0.29, 0.717) is 22.1 Å². The smallest absolute Gasteiger partial charge is 0.280 e. The van der Waals surface area contributed by atoms with Crippen LogP contribution < -0.4 is 14.5 Å². The van der Waals surface area contributed by atoms with Crippen molar-refractivity contribution in [3.05, 3.63) is 114 Å². The van der Waals surface area contributed by atoms with Gasteiger partial charge in [0.15, 0.2) is 0 Å². The molecule has 0 saturated heterocycles. The number of anilines is 1. The molecule has 11 heteroatoms. The van der Waals surface area contributed by atoms with E-state index in [0.717, 1.165) is 15.8 Å². The summed E-state index contributed by atoms with van der Waals surface area (Å²) in [5.41, 5.74) is 2.58. The maximum atomic E-state index is 13.9. The Bertz CT molecular complexity index is 1870. The van der Waals surface area contributed by atoms with E-state index < -0.39 is 15.9 Å². The molecular weight excluding hydrogens is 597 g/mol. The first-order chi connectivity index (χ1) is 21.2. The average molecular weight is 629 g/mol. The van der Waals surface area contributed by atoms with Crippen molar-refractivity contribution in [2.45, 2.75) is 31.3 Å². The number of carbonyl (C=O) groups is 1. The van der Waals surface area contributed by atoms with Crippen LogP contribution in [0.15, 0.2) is 107 Å². The summed E-state index contributed by atoms with van der Waals surface area (Å²) in [6.07, 6.45) is 1.56. The summed E-state index contributed by atoms with van der Waals surface area (Å²) in [5, 5.41) is 6.09. The van der Waals surface area contributed by atoms with Crippen LogP contribution in [0.2, 0.25) is 0 Å². The van der Waals surface area contributed by atoms with E-state index in [1.807, 2.05) is 68.4 Å². The van der Waals surface area contributed by atoms with Crippen LogP contribution in [0.3, 0.4) is 0 Å². The summed E-state index contributed by atoms with van der Waals surface area (Å²) >= 11 is 1.29. The maximum Gasteiger partial charge on any atom is 0.280 e. The molecule has 0 aliphatic heterocycles. The summed E-state index contributed by atoms with van der Waals surface area (Å²) in [6.45, 7) is 3.91. The molecule has 5 aromatic rings. The molecule has 0 radical (unpaired) electrons. The summed E-state index contributed by atoms with van der Waals surface area (Å²) in [4.78, 5) is 18.6. The van der Waals surface area contributed by atoms with Gasteiger partial charge in [-0.15, -0.1) is 0 Å². The third-order valence-electron chi connectivity index (χ3n) is 6.86. The number of benzene rings is 4. The minimum Gasteiger partial charge on any atom is -0.497 e. The predicted octanol–water partition coefficient (Wildman–Crippen LogP) is 6.59. The molecule has 0 saturated carbocycles. The Labute approximate surface area is 261 Å². The van der Waals surface area contributed by atoms with Crippen LogP contribution in [0.4, 0.5) is 5.13 Å². The number of amides is 1. The number of thiazole rings is 1. The lowest BCUT2D eigenvalue weighted by molar-refractivity contribution is 0.0987. The third-order valence-corrected chi connectivity index (χ3v) is 9.89.